The van der Waals surface area contributed by atoms with Crippen molar-refractivity contribution in [2.75, 3.05) is 0 Å². The highest BCUT2D eigenvalue weighted by molar-refractivity contribution is 8.30. The van der Waals surface area contributed by atoms with Gasteiger partial charge in [0.2, 0.25) is 0 Å². The second-order valence-electron chi connectivity index (χ2n) is 20.8. The molecule has 0 unspecified atom stereocenters. The topological polar surface area (TPSA) is 26.3 Å². The van der Waals surface area contributed by atoms with Gasteiger partial charge in [-0.05, 0) is 168 Å². The molecular weight excluding hydrogens is 794 g/mol. The highest BCUT2D eigenvalue weighted by Crippen LogP contribution is 2.76. The number of halogens is 3. The molecule has 6 aliphatic rings. The van der Waals surface area contributed by atoms with E-state index in [9.17, 15) is 4.79 Å². The zero-order chi connectivity index (χ0) is 42.5. The summed E-state index contributed by atoms with van der Waals surface area (Å²) in [6.45, 7) is 0. The molecule has 6 aliphatic carbocycles. The van der Waals surface area contributed by atoms with Gasteiger partial charge in [-0.25, -0.2) is 4.79 Å². The van der Waals surface area contributed by atoms with Gasteiger partial charge in [0.1, 0.15) is 0 Å². The second kappa shape index (κ2) is 20.2. The minimum absolute atomic E-state index is 0.225. The molecule has 0 amide bonds. The van der Waals surface area contributed by atoms with Crippen LogP contribution >= 0.6 is 10.3 Å². The molecule has 0 spiro atoms. The standard InChI is InChI=1S/C56H75F3O2S/c57-56(58,59)55(60)61-62(48-34-20-7-21-35-48,53-49(42-26-12-3-13-27-42)36-46(40-22-8-1-9-23-40)37-50(53)43-28-14-4-15-29-43)54-51(44-30-16-5-17-31-44)38-47(41-24-10-2-11-25-41)39-52(54)45-32-18-6-19-33-45/h7,20-21,34-45H,1-6,8-19,22-33H2. The van der Waals surface area contributed by atoms with E-state index in [2.05, 4.69) is 36.4 Å². The maximum Gasteiger partial charge on any atom is 0.491 e. The maximum atomic E-state index is 15.5. The smallest absolute Gasteiger partial charge is 0.395 e. The van der Waals surface area contributed by atoms with Crippen LogP contribution in [0, 0.1) is 0 Å². The molecule has 0 saturated heterocycles. The van der Waals surface area contributed by atoms with Crippen molar-refractivity contribution >= 4 is 16.3 Å². The summed E-state index contributed by atoms with van der Waals surface area (Å²) in [6, 6.07) is 20.2. The molecule has 0 aromatic heterocycles. The van der Waals surface area contributed by atoms with E-state index >= 15 is 13.2 Å². The Labute approximate surface area is 373 Å². The summed E-state index contributed by atoms with van der Waals surface area (Å²) >= 11 is 0. The third-order valence-electron chi connectivity index (χ3n) is 16.8. The molecule has 3 aromatic rings. The average Bonchev–Trinajstić information content (AvgIpc) is 3.34. The Hall–Kier alpha value is -2.73. The largest absolute Gasteiger partial charge is 0.491 e. The van der Waals surface area contributed by atoms with Gasteiger partial charge in [-0.3, -0.25) is 0 Å². The predicted octanol–water partition coefficient (Wildman–Crippen LogP) is 18.3. The zero-order valence-electron chi connectivity index (χ0n) is 37.7. The van der Waals surface area contributed by atoms with Crippen LogP contribution in [0.5, 0.6) is 0 Å². The SMILES string of the molecule is O=C(OS(c1ccccc1)(c1c(C2CCCCC2)cc(C2CCCCC2)cc1C1CCCCC1)c1c(C2CCCCC2)cc(C2CCCCC2)cc1C1CCCCC1)C(F)(F)F. The van der Waals surface area contributed by atoms with Crippen molar-refractivity contribution in [3.05, 3.63) is 88.0 Å². The van der Waals surface area contributed by atoms with Crippen LogP contribution in [0.15, 0.2) is 69.3 Å². The van der Waals surface area contributed by atoms with Crippen molar-refractivity contribution < 1.29 is 22.1 Å². The van der Waals surface area contributed by atoms with E-state index in [-0.39, 0.29) is 23.7 Å². The molecule has 0 atom stereocenters. The minimum atomic E-state index is -5.14. The molecule has 6 fully saturated rings. The van der Waals surface area contributed by atoms with Crippen LogP contribution in [0.4, 0.5) is 13.2 Å². The van der Waals surface area contributed by atoms with Gasteiger partial charge in [-0.1, -0.05) is 158 Å². The fraction of sp³-hybridized carbons (Fsp3) is 0.661. The molecule has 6 saturated carbocycles. The molecule has 0 bridgehead atoms. The number of hydrogen-bond acceptors (Lipinski definition) is 2. The maximum absolute atomic E-state index is 15.5. The molecular formula is C56H75F3O2S. The molecule has 0 N–H and O–H groups in total. The summed E-state index contributed by atoms with van der Waals surface area (Å²) in [5.74, 6) is -0.189. The van der Waals surface area contributed by atoms with E-state index in [1.54, 1.807) is 0 Å². The molecule has 9 rings (SSSR count). The van der Waals surface area contributed by atoms with E-state index in [1.165, 1.54) is 123 Å². The lowest BCUT2D eigenvalue weighted by Crippen LogP contribution is -2.30. The number of benzene rings is 3. The molecule has 0 aliphatic heterocycles. The first-order valence-electron chi connectivity index (χ1n) is 25.9. The first-order chi connectivity index (χ1) is 30.3. The molecule has 338 valence electrons. The summed E-state index contributed by atoms with van der Waals surface area (Å²) in [6.07, 6.45) is 29.1. The fourth-order valence-electron chi connectivity index (χ4n) is 13.5. The van der Waals surface area contributed by atoms with Crippen LogP contribution in [0.2, 0.25) is 0 Å². The summed E-state index contributed by atoms with van der Waals surface area (Å²) in [5, 5.41) is 0. The van der Waals surface area contributed by atoms with E-state index < -0.39 is 22.5 Å². The number of carbonyl (C=O) groups excluding carboxylic acids is 1. The molecule has 6 heteroatoms. The lowest BCUT2D eigenvalue weighted by atomic mass is 9.76. The van der Waals surface area contributed by atoms with E-state index in [4.69, 9.17) is 4.18 Å². The zero-order valence-corrected chi connectivity index (χ0v) is 38.5. The van der Waals surface area contributed by atoms with E-state index in [0.717, 1.165) is 117 Å². The van der Waals surface area contributed by atoms with Gasteiger partial charge < -0.3 is 4.18 Å². The Morgan fingerprint density at radius 1 is 0.419 bits per heavy atom. The van der Waals surface area contributed by atoms with Gasteiger partial charge in [0.15, 0.2) is 0 Å². The Balaban J connectivity index is 1.44. The van der Waals surface area contributed by atoms with Crippen molar-refractivity contribution in [1.29, 1.82) is 0 Å². The van der Waals surface area contributed by atoms with Gasteiger partial charge in [-0.15, -0.1) is 0 Å². The quantitative estimate of drug-likeness (QED) is 0.203. The highest BCUT2D eigenvalue weighted by Gasteiger charge is 2.52. The normalized spacial score (nSPS) is 23.0. The van der Waals surface area contributed by atoms with E-state index in [1.807, 2.05) is 18.2 Å². The monoisotopic (exact) mass is 869 g/mol. The van der Waals surface area contributed by atoms with Gasteiger partial charge >= 0.3 is 12.1 Å². The molecule has 0 radical (unpaired) electrons. The van der Waals surface area contributed by atoms with Gasteiger partial charge in [0.25, 0.3) is 0 Å². The van der Waals surface area contributed by atoms with Crippen LogP contribution in [-0.4, -0.2) is 12.1 Å². The Kier molecular flexibility index (Phi) is 14.5. The molecule has 2 nitrogen and oxygen atoms in total. The fourth-order valence-corrected chi connectivity index (χ4v) is 17.5. The average molecular weight is 869 g/mol. The van der Waals surface area contributed by atoms with Gasteiger partial charge in [0.05, 0.1) is 0 Å². The third kappa shape index (κ3) is 9.48. The third-order valence-corrected chi connectivity index (χ3v) is 20.2. The van der Waals surface area contributed by atoms with Crippen LogP contribution in [-0.2, 0) is 8.98 Å². The van der Waals surface area contributed by atoms with E-state index in [0.29, 0.717) is 11.8 Å². The lowest BCUT2D eigenvalue weighted by Gasteiger charge is -2.48. The van der Waals surface area contributed by atoms with Crippen LogP contribution in [0.3, 0.4) is 0 Å². The number of hydrogen-bond donors (Lipinski definition) is 0. The Bertz CT molecular complexity index is 1750. The molecule has 0 heterocycles. The summed E-state index contributed by atoms with van der Waals surface area (Å²) in [4.78, 5) is 17.3. The van der Waals surface area contributed by atoms with Crippen molar-refractivity contribution in [3.63, 3.8) is 0 Å². The highest BCUT2D eigenvalue weighted by atomic mass is 32.3. The Morgan fingerprint density at radius 3 is 0.968 bits per heavy atom. The summed E-state index contributed by atoms with van der Waals surface area (Å²) in [7, 11) is -3.30. The molecule has 3 aromatic carbocycles. The van der Waals surface area contributed by atoms with Crippen molar-refractivity contribution in [2.45, 2.75) is 249 Å². The van der Waals surface area contributed by atoms with Crippen molar-refractivity contribution in [2.24, 2.45) is 0 Å². The van der Waals surface area contributed by atoms with Crippen LogP contribution < -0.4 is 0 Å². The predicted molar refractivity (Wildman–Crippen MR) is 249 cm³/mol. The second-order valence-corrected chi connectivity index (χ2v) is 23.4. The lowest BCUT2D eigenvalue weighted by molar-refractivity contribution is -0.188. The van der Waals surface area contributed by atoms with Crippen molar-refractivity contribution in [3.8, 4) is 0 Å². The van der Waals surface area contributed by atoms with Crippen molar-refractivity contribution in [1.82, 2.24) is 0 Å². The minimum Gasteiger partial charge on any atom is -0.395 e. The number of alkyl halides is 3. The molecule has 62 heavy (non-hydrogen) atoms. The summed E-state index contributed by atoms with van der Waals surface area (Å²) in [5.41, 5.74) is 7.77. The van der Waals surface area contributed by atoms with Crippen LogP contribution in [0.1, 0.15) is 262 Å². The number of rotatable bonds is 10. The Morgan fingerprint density at radius 2 is 0.694 bits per heavy atom. The van der Waals surface area contributed by atoms with Gasteiger partial charge in [-0.2, -0.15) is 13.2 Å². The summed E-state index contributed by atoms with van der Waals surface area (Å²) < 4.78 is 53.5. The first kappa shape index (κ1) is 44.5. The number of carbonyl (C=O) groups is 1. The van der Waals surface area contributed by atoms with Crippen LogP contribution in [0.25, 0.3) is 0 Å². The first-order valence-corrected chi connectivity index (χ1v) is 27.4. The van der Waals surface area contributed by atoms with Gasteiger partial charge in [0, 0.05) is 14.7 Å².